The van der Waals surface area contributed by atoms with Gasteiger partial charge < -0.3 is 9.42 Å². The van der Waals surface area contributed by atoms with Crippen molar-refractivity contribution < 1.29 is 4.52 Å². The van der Waals surface area contributed by atoms with Crippen molar-refractivity contribution in [3.63, 3.8) is 0 Å². The first kappa shape index (κ1) is 13.3. The molecule has 0 N–H and O–H groups in total. The Hall–Kier alpha value is -1.10. The minimum absolute atomic E-state index is 0.242. The van der Waals surface area contributed by atoms with Crippen LogP contribution in [0.3, 0.4) is 0 Å². The summed E-state index contributed by atoms with van der Waals surface area (Å²) in [7, 11) is 0. The van der Waals surface area contributed by atoms with Crippen LogP contribution in [-0.2, 0) is 0 Å². The number of nitrogens with zero attached hydrogens (tertiary/aromatic N) is 4. The minimum Gasteiger partial charge on any atom is -0.337 e. The molecule has 0 atom stereocenters. The van der Waals surface area contributed by atoms with E-state index in [4.69, 9.17) is 4.52 Å². The summed E-state index contributed by atoms with van der Waals surface area (Å²) in [4.78, 5) is 9.15. The van der Waals surface area contributed by atoms with Crippen LogP contribution in [0.1, 0.15) is 46.4 Å². The third-order valence-electron chi connectivity index (χ3n) is 3.44. The largest absolute Gasteiger partial charge is 0.337 e. The van der Waals surface area contributed by atoms with Crippen LogP contribution in [0.4, 0.5) is 5.95 Å². The predicted molar refractivity (Wildman–Crippen MR) is 71.9 cm³/mol. The molecule has 2 rings (SSSR count). The Morgan fingerprint density at radius 1 is 1.11 bits per heavy atom. The molecule has 1 aliphatic heterocycles. The van der Waals surface area contributed by atoms with E-state index in [-0.39, 0.29) is 5.54 Å². The molecule has 0 spiro atoms. The van der Waals surface area contributed by atoms with Gasteiger partial charge in [0.1, 0.15) is 0 Å². The van der Waals surface area contributed by atoms with Gasteiger partial charge in [0.2, 0.25) is 5.89 Å². The van der Waals surface area contributed by atoms with Gasteiger partial charge >= 0.3 is 0 Å². The Morgan fingerprint density at radius 2 is 1.72 bits per heavy atom. The molecular formula is C13H24N4O. The first-order chi connectivity index (χ1) is 8.38. The Kier molecular flexibility index (Phi) is 3.61. The second-order valence-corrected chi connectivity index (χ2v) is 6.23. The van der Waals surface area contributed by atoms with Crippen molar-refractivity contribution in [2.45, 2.75) is 46.1 Å². The molecule has 0 radical (unpaired) electrons. The van der Waals surface area contributed by atoms with Gasteiger partial charge in [-0.1, -0.05) is 13.8 Å². The fraction of sp³-hybridized carbons (Fsp3) is 0.846. The molecule has 1 aromatic rings. The zero-order valence-corrected chi connectivity index (χ0v) is 12.1. The molecule has 1 fully saturated rings. The van der Waals surface area contributed by atoms with E-state index in [9.17, 15) is 0 Å². The van der Waals surface area contributed by atoms with E-state index in [0.717, 1.165) is 38.0 Å². The zero-order chi connectivity index (χ0) is 13.3. The smallest absolute Gasteiger partial charge is 0.266 e. The van der Waals surface area contributed by atoms with Crippen molar-refractivity contribution in [1.29, 1.82) is 0 Å². The quantitative estimate of drug-likeness (QED) is 0.806. The first-order valence-corrected chi connectivity index (χ1v) is 6.71. The van der Waals surface area contributed by atoms with E-state index in [1.165, 1.54) is 0 Å². The maximum Gasteiger partial charge on any atom is 0.266 e. The van der Waals surface area contributed by atoms with Crippen LogP contribution < -0.4 is 4.90 Å². The third-order valence-corrected chi connectivity index (χ3v) is 3.44. The number of hydrogen-bond donors (Lipinski definition) is 0. The average Bonchev–Trinajstić information content (AvgIpc) is 2.77. The molecule has 102 valence electrons. The van der Waals surface area contributed by atoms with Crippen LogP contribution in [0.5, 0.6) is 0 Å². The van der Waals surface area contributed by atoms with Crippen molar-refractivity contribution in [2.24, 2.45) is 0 Å². The topological polar surface area (TPSA) is 45.4 Å². The fourth-order valence-corrected chi connectivity index (χ4v) is 2.17. The molecule has 0 bridgehead atoms. The van der Waals surface area contributed by atoms with Gasteiger partial charge in [-0.3, -0.25) is 4.90 Å². The standard InChI is InChI=1S/C13H24N4O/c1-10(2)11-14-12(15-18-11)16-6-8-17(9-7-16)13(3,4)5/h10H,6-9H2,1-5H3. The summed E-state index contributed by atoms with van der Waals surface area (Å²) in [5.74, 6) is 1.76. The Labute approximate surface area is 109 Å². The summed E-state index contributed by atoms with van der Waals surface area (Å²) in [5, 5.41) is 4.07. The molecule has 1 aromatic heterocycles. The van der Waals surface area contributed by atoms with E-state index in [2.05, 4.69) is 54.6 Å². The molecule has 0 amide bonds. The van der Waals surface area contributed by atoms with Crippen LogP contribution in [-0.4, -0.2) is 46.8 Å². The molecule has 2 heterocycles. The molecule has 1 aliphatic rings. The van der Waals surface area contributed by atoms with Crippen LogP contribution in [0.2, 0.25) is 0 Å². The normalized spacial score (nSPS) is 18.7. The number of hydrogen-bond acceptors (Lipinski definition) is 5. The maximum absolute atomic E-state index is 5.26. The summed E-state index contributed by atoms with van der Waals surface area (Å²) in [6.07, 6.45) is 0. The average molecular weight is 252 g/mol. The number of anilines is 1. The molecule has 5 nitrogen and oxygen atoms in total. The van der Waals surface area contributed by atoms with Gasteiger partial charge in [-0.2, -0.15) is 4.98 Å². The third kappa shape index (κ3) is 2.83. The van der Waals surface area contributed by atoms with E-state index >= 15 is 0 Å². The van der Waals surface area contributed by atoms with Crippen LogP contribution in [0, 0.1) is 0 Å². The van der Waals surface area contributed by atoms with Gasteiger partial charge in [-0.15, -0.1) is 0 Å². The van der Waals surface area contributed by atoms with Gasteiger partial charge in [-0.05, 0) is 25.9 Å². The Bertz CT molecular complexity index is 386. The molecule has 0 aromatic carbocycles. The van der Waals surface area contributed by atoms with Crippen molar-refractivity contribution in [1.82, 2.24) is 15.0 Å². The highest BCUT2D eigenvalue weighted by molar-refractivity contribution is 5.29. The highest BCUT2D eigenvalue weighted by Gasteiger charge is 2.27. The van der Waals surface area contributed by atoms with Crippen LogP contribution >= 0.6 is 0 Å². The monoisotopic (exact) mass is 252 g/mol. The Balaban J connectivity index is 1.97. The summed E-state index contributed by atoms with van der Waals surface area (Å²) in [5.41, 5.74) is 0.242. The van der Waals surface area contributed by atoms with Crippen molar-refractivity contribution in [3.05, 3.63) is 5.89 Å². The molecular weight excluding hydrogens is 228 g/mol. The molecule has 0 saturated carbocycles. The van der Waals surface area contributed by atoms with Crippen molar-refractivity contribution in [2.75, 3.05) is 31.1 Å². The minimum atomic E-state index is 0.242. The second-order valence-electron chi connectivity index (χ2n) is 6.23. The lowest BCUT2D eigenvalue weighted by Gasteiger charge is -2.41. The lowest BCUT2D eigenvalue weighted by molar-refractivity contribution is 0.128. The maximum atomic E-state index is 5.26. The lowest BCUT2D eigenvalue weighted by Crippen LogP contribution is -2.53. The number of piperazine rings is 1. The van der Waals surface area contributed by atoms with E-state index in [0.29, 0.717) is 5.92 Å². The summed E-state index contributed by atoms with van der Waals surface area (Å²) < 4.78 is 5.26. The van der Waals surface area contributed by atoms with E-state index < -0.39 is 0 Å². The molecule has 5 heteroatoms. The Morgan fingerprint density at radius 3 is 2.17 bits per heavy atom. The van der Waals surface area contributed by atoms with Crippen molar-refractivity contribution >= 4 is 5.95 Å². The van der Waals surface area contributed by atoms with Gasteiger partial charge in [0.05, 0.1) is 0 Å². The van der Waals surface area contributed by atoms with Gasteiger partial charge in [-0.25, -0.2) is 0 Å². The van der Waals surface area contributed by atoms with Gasteiger partial charge in [0.15, 0.2) is 0 Å². The first-order valence-electron chi connectivity index (χ1n) is 6.71. The zero-order valence-electron chi connectivity index (χ0n) is 12.1. The lowest BCUT2D eigenvalue weighted by atomic mass is 10.1. The highest BCUT2D eigenvalue weighted by atomic mass is 16.5. The summed E-state index contributed by atoms with van der Waals surface area (Å²) >= 11 is 0. The van der Waals surface area contributed by atoms with Gasteiger partial charge in [0, 0.05) is 37.6 Å². The van der Waals surface area contributed by atoms with Gasteiger partial charge in [0.25, 0.3) is 5.95 Å². The van der Waals surface area contributed by atoms with E-state index in [1.54, 1.807) is 0 Å². The number of aromatic nitrogens is 2. The molecule has 18 heavy (non-hydrogen) atoms. The summed E-state index contributed by atoms with van der Waals surface area (Å²) in [6, 6.07) is 0. The van der Waals surface area contributed by atoms with E-state index in [1.807, 2.05) is 0 Å². The van der Waals surface area contributed by atoms with Crippen molar-refractivity contribution in [3.8, 4) is 0 Å². The fourth-order valence-electron chi connectivity index (χ4n) is 2.17. The second kappa shape index (κ2) is 4.88. The molecule has 1 saturated heterocycles. The highest BCUT2D eigenvalue weighted by Crippen LogP contribution is 2.20. The SMILES string of the molecule is CC(C)c1nc(N2CCN(C(C)(C)C)CC2)no1. The number of rotatable bonds is 2. The molecule has 0 aliphatic carbocycles. The predicted octanol–water partition coefficient (Wildman–Crippen LogP) is 2.11. The van der Waals surface area contributed by atoms with Crippen LogP contribution in [0.15, 0.2) is 4.52 Å². The molecule has 0 unspecified atom stereocenters. The van der Waals surface area contributed by atoms with Crippen LogP contribution in [0.25, 0.3) is 0 Å². The summed E-state index contributed by atoms with van der Waals surface area (Å²) in [6.45, 7) is 14.9.